The molecule has 0 N–H and O–H groups in total. The number of halogens is 1. The number of aryl methyl sites for hydroxylation is 1. The highest BCUT2D eigenvalue weighted by molar-refractivity contribution is 7.91. The predicted octanol–water partition coefficient (Wildman–Crippen LogP) is 3.48. The summed E-state index contributed by atoms with van der Waals surface area (Å²) in [4.78, 5) is 1.04. The first kappa shape index (κ1) is 15.3. The van der Waals surface area contributed by atoms with Gasteiger partial charge in [-0.25, -0.2) is 8.42 Å². The Morgan fingerprint density at radius 1 is 1.42 bits per heavy atom. The molecule has 108 valence electrons. The Hall–Kier alpha value is -0.100. The van der Waals surface area contributed by atoms with Crippen LogP contribution in [0.2, 0.25) is 0 Å². The third-order valence-electron chi connectivity index (χ3n) is 3.59. The zero-order chi connectivity index (χ0) is 13.9. The van der Waals surface area contributed by atoms with Crippen LogP contribution in [0.3, 0.4) is 0 Å². The van der Waals surface area contributed by atoms with Crippen molar-refractivity contribution in [3.63, 3.8) is 0 Å². The summed E-state index contributed by atoms with van der Waals surface area (Å²) in [5.41, 5.74) is 0. The summed E-state index contributed by atoms with van der Waals surface area (Å²) in [7, 11) is -3.31. The summed E-state index contributed by atoms with van der Waals surface area (Å²) >= 11 is 7.06. The Kier molecular flexibility index (Phi) is 5.29. The Labute approximate surface area is 124 Å². The van der Waals surface area contributed by atoms with Gasteiger partial charge in [-0.05, 0) is 37.8 Å². The number of rotatable bonds is 5. The second kappa shape index (κ2) is 6.57. The van der Waals surface area contributed by atoms with Crippen LogP contribution in [0.5, 0.6) is 0 Å². The van der Waals surface area contributed by atoms with Crippen LogP contribution in [0.25, 0.3) is 0 Å². The molecule has 1 atom stereocenters. The quantitative estimate of drug-likeness (QED) is 0.779. The molecule has 19 heavy (non-hydrogen) atoms. The van der Waals surface area contributed by atoms with Gasteiger partial charge < -0.3 is 0 Å². The van der Waals surface area contributed by atoms with E-state index in [4.69, 9.17) is 11.6 Å². The smallest absolute Gasteiger partial charge is 0.206 e. The molecule has 2 rings (SSSR count). The number of thiophene rings is 1. The lowest BCUT2D eigenvalue weighted by atomic mass is 10.0. The lowest BCUT2D eigenvalue weighted by Gasteiger charge is -2.33. The van der Waals surface area contributed by atoms with E-state index in [1.807, 2.05) is 6.07 Å². The highest BCUT2D eigenvalue weighted by Gasteiger charge is 2.33. The molecule has 6 heteroatoms. The molecule has 2 heterocycles. The van der Waals surface area contributed by atoms with Gasteiger partial charge in [-0.15, -0.1) is 22.9 Å². The van der Waals surface area contributed by atoms with Crippen molar-refractivity contribution in [2.75, 3.05) is 12.4 Å². The summed E-state index contributed by atoms with van der Waals surface area (Å²) in [6.45, 7) is 2.72. The van der Waals surface area contributed by atoms with E-state index in [0.717, 1.165) is 37.0 Å². The van der Waals surface area contributed by atoms with Gasteiger partial charge in [0.1, 0.15) is 4.21 Å². The normalized spacial score (nSPS) is 21.7. The predicted molar refractivity (Wildman–Crippen MR) is 80.6 cm³/mol. The maximum atomic E-state index is 12.7. The molecule has 1 aromatic rings. The number of sulfonamides is 1. The van der Waals surface area contributed by atoms with Crippen molar-refractivity contribution in [3.05, 3.63) is 17.0 Å². The lowest BCUT2D eigenvalue weighted by Crippen LogP contribution is -2.42. The molecular weight excluding hydrogens is 302 g/mol. The van der Waals surface area contributed by atoms with Crippen LogP contribution >= 0.6 is 22.9 Å². The molecule has 3 nitrogen and oxygen atoms in total. The molecule has 0 aliphatic carbocycles. The van der Waals surface area contributed by atoms with E-state index in [0.29, 0.717) is 16.6 Å². The number of hydrogen-bond acceptors (Lipinski definition) is 3. The van der Waals surface area contributed by atoms with Crippen molar-refractivity contribution in [2.45, 2.75) is 49.3 Å². The lowest BCUT2D eigenvalue weighted by molar-refractivity contribution is 0.247. The van der Waals surface area contributed by atoms with Crippen LogP contribution in [0, 0.1) is 0 Å². The molecule has 0 spiro atoms. The first-order valence-electron chi connectivity index (χ1n) is 6.76. The largest absolute Gasteiger partial charge is 0.252 e. The van der Waals surface area contributed by atoms with Crippen molar-refractivity contribution < 1.29 is 8.42 Å². The molecule has 0 amide bonds. The van der Waals surface area contributed by atoms with E-state index in [-0.39, 0.29) is 6.04 Å². The van der Waals surface area contributed by atoms with Crippen LogP contribution in [0.15, 0.2) is 16.3 Å². The number of nitrogens with zero attached hydrogens (tertiary/aromatic N) is 1. The van der Waals surface area contributed by atoms with Gasteiger partial charge in [-0.3, -0.25) is 0 Å². The second-order valence-electron chi connectivity index (χ2n) is 4.83. The van der Waals surface area contributed by atoms with Gasteiger partial charge in [0.05, 0.1) is 0 Å². The van der Waals surface area contributed by atoms with E-state index in [2.05, 4.69) is 6.92 Å². The van der Waals surface area contributed by atoms with E-state index < -0.39 is 10.0 Å². The van der Waals surface area contributed by atoms with E-state index in [1.165, 1.54) is 11.3 Å². The van der Waals surface area contributed by atoms with Gasteiger partial charge in [-0.1, -0.05) is 13.3 Å². The van der Waals surface area contributed by atoms with Crippen molar-refractivity contribution in [1.82, 2.24) is 4.31 Å². The summed E-state index contributed by atoms with van der Waals surface area (Å²) in [5.74, 6) is 0.529. The number of alkyl halides is 1. The second-order valence-corrected chi connectivity index (χ2v) is 8.50. The highest BCUT2D eigenvalue weighted by atomic mass is 35.5. The molecule has 1 saturated heterocycles. The summed E-state index contributed by atoms with van der Waals surface area (Å²) in [6, 6.07) is 3.77. The number of piperidine rings is 1. The fourth-order valence-corrected chi connectivity index (χ4v) is 6.11. The monoisotopic (exact) mass is 321 g/mol. The van der Waals surface area contributed by atoms with Gasteiger partial charge in [0.15, 0.2) is 0 Å². The first-order chi connectivity index (χ1) is 9.09. The minimum atomic E-state index is -3.31. The topological polar surface area (TPSA) is 37.4 Å². The minimum absolute atomic E-state index is 0.164. The summed E-state index contributed by atoms with van der Waals surface area (Å²) < 4.78 is 27.5. The average Bonchev–Trinajstić information content (AvgIpc) is 2.88. The van der Waals surface area contributed by atoms with Crippen LogP contribution in [0.4, 0.5) is 0 Å². The Morgan fingerprint density at radius 3 is 2.89 bits per heavy atom. The maximum absolute atomic E-state index is 12.7. The van der Waals surface area contributed by atoms with Gasteiger partial charge in [-0.2, -0.15) is 4.31 Å². The molecule has 0 bridgehead atoms. The molecule has 1 aromatic heterocycles. The van der Waals surface area contributed by atoms with Gasteiger partial charge >= 0.3 is 0 Å². The van der Waals surface area contributed by atoms with E-state index >= 15 is 0 Å². The summed E-state index contributed by atoms with van der Waals surface area (Å²) in [6.07, 6.45) is 4.70. The molecule has 1 fully saturated rings. The molecule has 0 radical (unpaired) electrons. The standard InChI is InChI=1S/C13H20ClNO2S2/c1-2-11-5-3-4-10-15(11)19(16,17)13-7-6-12(18-13)8-9-14/h6-7,11H,2-5,8-10H2,1H3. The van der Waals surface area contributed by atoms with Crippen LogP contribution in [-0.4, -0.2) is 31.2 Å². The SMILES string of the molecule is CCC1CCCCN1S(=O)(=O)c1ccc(CCCl)s1. The van der Waals surface area contributed by atoms with Crippen LogP contribution in [-0.2, 0) is 16.4 Å². The fraction of sp³-hybridized carbons (Fsp3) is 0.692. The molecule has 0 saturated carbocycles. The Bertz CT molecular complexity index is 512. The minimum Gasteiger partial charge on any atom is -0.206 e. The zero-order valence-electron chi connectivity index (χ0n) is 11.1. The highest BCUT2D eigenvalue weighted by Crippen LogP contribution is 2.30. The molecule has 0 aromatic carbocycles. The van der Waals surface area contributed by atoms with Crippen molar-refractivity contribution in [3.8, 4) is 0 Å². The van der Waals surface area contributed by atoms with Crippen LogP contribution < -0.4 is 0 Å². The van der Waals surface area contributed by atoms with Crippen molar-refractivity contribution in [1.29, 1.82) is 0 Å². The Balaban J connectivity index is 2.24. The number of hydrogen-bond donors (Lipinski definition) is 0. The van der Waals surface area contributed by atoms with Gasteiger partial charge in [0.2, 0.25) is 0 Å². The maximum Gasteiger partial charge on any atom is 0.252 e. The molecule has 1 unspecified atom stereocenters. The third kappa shape index (κ3) is 3.32. The Morgan fingerprint density at radius 2 is 2.21 bits per heavy atom. The van der Waals surface area contributed by atoms with Crippen LogP contribution in [0.1, 0.15) is 37.5 Å². The molecule has 1 aliphatic heterocycles. The summed E-state index contributed by atoms with van der Waals surface area (Å²) in [5, 5.41) is 0. The first-order valence-corrected chi connectivity index (χ1v) is 9.55. The molecular formula is C13H20ClNO2S2. The van der Waals surface area contributed by atoms with Gasteiger partial charge in [0, 0.05) is 23.3 Å². The van der Waals surface area contributed by atoms with E-state index in [1.54, 1.807) is 10.4 Å². The van der Waals surface area contributed by atoms with Crippen molar-refractivity contribution in [2.24, 2.45) is 0 Å². The third-order valence-corrected chi connectivity index (χ3v) is 7.34. The average molecular weight is 322 g/mol. The van der Waals surface area contributed by atoms with Crippen molar-refractivity contribution >= 4 is 33.0 Å². The fourth-order valence-electron chi connectivity index (χ4n) is 2.54. The zero-order valence-corrected chi connectivity index (χ0v) is 13.5. The van der Waals surface area contributed by atoms with Gasteiger partial charge in [0.25, 0.3) is 10.0 Å². The molecule has 1 aliphatic rings. The van der Waals surface area contributed by atoms with E-state index in [9.17, 15) is 8.42 Å².